The molecule has 0 aliphatic rings. The van der Waals surface area contributed by atoms with Gasteiger partial charge in [0.25, 0.3) is 11.8 Å². The first-order valence-electron chi connectivity index (χ1n) is 7.27. The highest BCUT2D eigenvalue weighted by Crippen LogP contribution is 2.12. The average Bonchev–Trinajstić information content (AvgIpc) is 3.15. The number of hydrogen-bond acceptors (Lipinski definition) is 6. The second kappa shape index (κ2) is 9.72. The van der Waals surface area contributed by atoms with Crippen molar-refractivity contribution in [2.45, 2.75) is 0 Å². The van der Waals surface area contributed by atoms with Gasteiger partial charge < -0.3 is 9.47 Å². The summed E-state index contributed by atoms with van der Waals surface area (Å²) in [6.07, 6.45) is 0. The van der Waals surface area contributed by atoms with E-state index in [9.17, 15) is 9.59 Å². The van der Waals surface area contributed by atoms with Crippen LogP contribution in [0.2, 0.25) is 0 Å². The van der Waals surface area contributed by atoms with Crippen molar-refractivity contribution in [2.24, 2.45) is 0 Å². The standard InChI is InChI=1S/C16H17N3O4S2/c1-22-8-9-23-12-6-4-11(5-7-12)14(20)17-16(24)19-18-15(21)13-3-2-10-25-13/h2-7,10H,8-9H2,1H3,(H,18,21)(H2,17,19,20,24). The number of carbonyl (C=O) groups excluding carboxylic acids is 2. The van der Waals surface area contributed by atoms with Crippen molar-refractivity contribution in [2.75, 3.05) is 20.3 Å². The Morgan fingerprint density at radius 1 is 1.08 bits per heavy atom. The molecule has 2 rings (SSSR count). The monoisotopic (exact) mass is 379 g/mol. The van der Waals surface area contributed by atoms with E-state index in [1.54, 1.807) is 48.9 Å². The van der Waals surface area contributed by atoms with Gasteiger partial charge in [0.05, 0.1) is 11.5 Å². The minimum Gasteiger partial charge on any atom is -0.491 e. The Kier molecular flexibility index (Phi) is 7.33. The summed E-state index contributed by atoms with van der Waals surface area (Å²) in [5.41, 5.74) is 5.31. The van der Waals surface area contributed by atoms with Crippen molar-refractivity contribution in [3.05, 3.63) is 52.2 Å². The van der Waals surface area contributed by atoms with Gasteiger partial charge in [0.2, 0.25) is 0 Å². The number of nitrogens with one attached hydrogen (secondary N) is 3. The summed E-state index contributed by atoms with van der Waals surface area (Å²) >= 11 is 6.28. The molecule has 2 amide bonds. The van der Waals surface area contributed by atoms with Crippen LogP contribution in [0.15, 0.2) is 41.8 Å². The zero-order valence-corrected chi connectivity index (χ0v) is 15.0. The molecule has 3 N–H and O–H groups in total. The Morgan fingerprint density at radius 2 is 1.84 bits per heavy atom. The van der Waals surface area contributed by atoms with E-state index < -0.39 is 5.91 Å². The van der Waals surface area contributed by atoms with E-state index in [-0.39, 0.29) is 11.0 Å². The fourth-order valence-electron chi connectivity index (χ4n) is 1.73. The Morgan fingerprint density at radius 3 is 2.48 bits per heavy atom. The van der Waals surface area contributed by atoms with Gasteiger partial charge in [-0.25, -0.2) is 0 Å². The number of hydrazine groups is 1. The molecule has 7 nitrogen and oxygen atoms in total. The van der Waals surface area contributed by atoms with Crippen LogP contribution in [-0.4, -0.2) is 37.3 Å². The van der Waals surface area contributed by atoms with E-state index in [0.717, 1.165) is 0 Å². The predicted octanol–water partition coefficient (Wildman–Crippen LogP) is 1.72. The fraction of sp³-hybridized carbons (Fsp3) is 0.188. The third-order valence-corrected chi connectivity index (χ3v) is 4.01. The quantitative estimate of drug-likeness (QED) is 0.402. The van der Waals surface area contributed by atoms with E-state index in [4.69, 9.17) is 21.7 Å². The summed E-state index contributed by atoms with van der Waals surface area (Å²) < 4.78 is 10.3. The summed E-state index contributed by atoms with van der Waals surface area (Å²) in [7, 11) is 1.59. The number of methoxy groups -OCH3 is 1. The lowest BCUT2D eigenvalue weighted by Gasteiger charge is -2.10. The minimum absolute atomic E-state index is 0.00433. The molecule has 1 aromatic carbocycles. The number of amides is 2. The van der Waals surface area contributed by atoms with Crippen molar-refractivity contribution >= 4 is 40.5 Å². The van der Waals surface area contributed by atoms with Gasteiger partial charge in [-0.1, -0.05) is 6.07 Å². The van der Waals surface area contributed by atoms with Crippen LogP contribution in [0.25, 0.3) is 0 Å². The van der Waals surface area contributed by atoms with E-state index >= 15 is 0 Å². The highest BCUT2D eigenvalue weighted by atomic mass is 32.1. The second-order valence-electron chi connectivity index (χ2n) is 4.71. The number of hydrogen-bond donors (Lipinski definition) is 3. The number of rotatable bonds is 6. The SMILES string of the molecule is COCCOc1ccc(C(=O)NC(=S)NNC(=O)c2cccs2)cc1. The molecule has 1 heterocycles. The molecule has 0 bridgehead atoms. The van der Waals surface area contributed by atoms with Crippen LogP contribution in [0, 0.1) is 0 Å². The van der Waals surface area contributed by atoms with Gasteiger partial charge in [-0.2, -0.15) is 0 Å². The van der Waals surface area contributed by atoms with Gasteiger partial charge in [0.1, 0.15) is 12.4 Å². The molecule has 25 heavy (non-hydrogen) atoms. The van der Waals surface area contributed by atoms with Gasteiger partial charge in [0.15, 0.2) is 5.11 Å². The van der Waals surface area contributed by atoms with Crippen LogP contribution in [0.5, 0.6) is 5.75 Å². The normalized spacial score (nSPS) is 9.96. The minimum atomic E-state index is -0.397. The van der Waals surface area contributed by atoms with E-state index in [1.165, 1.54) is 11.3 Å². The summed E-state index contributed by atoms with van der Waals surface area (Å²) in [5, 5.41) is 4.26. The first-order valence-corrected chi connectivity index (χ1v) is 8.56. The van der Waals surface area contributed by atoms with Crippen LogP contribution in [-0.2, 0) is 4.74 Å². The van der Waals surface area contributed by atoms with Crippen molar-refractivity contribution in [1.29, 1.82) is 0 Å². The Bertz CT molecular complexity index is 717. The molecule has 9 heteroatoms. The third-order valence-electron chi connectivity index (χ3n) is 2.93. The highest BCUT2D eigenvalue weighted by molar-refractivity contribution is 7.80. The maximum atomic E-state index is 12.1. The van der Waals surface area contributed by atoms with Crippen molar-refractivity contribution < 1.29 is 19.1 Å². The average molecular weight is 379 g/mol. The van der Waals surface area contributed by atoms with Gasteiger partial charge in [-0.05, 0) is 47.9 Å². The maximum absolute atomic E-state index is 12.1. The lowest BCUT2D eigenvalue weighted by molar-refractivity contribution is 0.0938. The predicted molar refractivity (Wildman–Crippen MR) is 98.8 cm³/mol. The smallest absolute Gasteiger partial charge is 0.279 e. The molecule has 0 aliphatic heterocycles. The van der Waals surface area contributed by atoms with Crippen LogP contribution in [0.4, 0.5) is 0 Å². The Labute approximate surface area is 154 Å². The fourth-order valence-corrected chi connectivity index (χ4v) is 2.50. The second-order valence-corrected chi connectivity index (χ2v) is 6.06. The largest absolute Gasteiger partial charge is 0.491 e. The molecule has 0 saturated carbocycles. The molecular weight excluding hydrogens is 362 g/mol. The number of benzene rings is 1. The number of thiocarbonyl (C=S) groups is 1. The van der Waals surface area contributed by atoms with Crippen LogP contribution >= 0.6 is 23.6 Å². The zero-order valence-electron chi connectivity index (χ0n) is 13.4. The molecule has 0 spiro atoms. The topological polar surface area (TPSA) is 88.7 Å². The van der Waals surface area contributed by atoms with Crippen LogP contribution in [0.3, 0.4) is 0 Å². The Hall–Kier alpha value is -2.49. The zero-order chi connectivity index (χ0) is 18.1. The summed E-state index contributed by atoms with van der Waals surface area (Å²) in [6, 6.07) is 10.0. The van der Waals surface area contributed by atoms with Gasteiger partial charge in [0, 0.05) is 12.7 Å². The van der Waals surface area contributed by atoms with E-state index in [2.05, 4.69) is 16.2 Å². The highest BCUT2D eigenvalue weighted by Gasteiger charge is 2.10. The van der Waals surface area contributed by atoms with Gasteiger partial charge >= 0.3 is 0 Å². The third kappa shape index (κ3) is 6.14. The van der Waals surface area contributed by atoms with E-state index in [1.807, 2.05) is 0 Å². The Balaban J connectivity index is 1.78. The first-order chi connectivity index (χ1) is 12.1. The lowest BCUT2D eigenvalue weighted by Crippen LogP contribution is -2.48. The molecule has 0 unspecified atom stereocenters. The molecule has 0 aliphatic carbocycles. The molecule has 132 valence electrons. The summed E-state index contributed by atoms with van der Waals surface area (Å²) in [5.74, 6) is -0.0898. The number of carbonyl (C=O) groups is 2. The maximum Gasteiger partial charge on any atom is 0.279 e. The summed E-state index contributed by atoms with van der Waals surface area (Å²) in [4.78, 5) is 24.4. The molecule has 0 radical (unpaired) electrons. The van der Waals surface area contributed by atoms with Crippen molar-refractivity contribution in [3.63, 3.8) is 0 Å². The van der Waals surface area contributed by atoms with Crippen LogP contribution in [0.1, 0.15) is 20.0 Å². The molecule has 0 atom stereocenters. The number of thiophene rings is 1. The van der Waals surface area contributed by atoms with Gasteiger partial charge in [-0.15, -0.1) is 11.3 Å². The lowest BCUT2D eigenvalue weighted by atomic mass is 10.2. The molecule has 0 saturated heterocycles. The molecule has 1 aromatic heterocycles. The van der Waals surface area contributed by atoms with Crippen molar-refractivity contribution in [3.8, 4) is 5.75 Å². The first kappa shape index (κ1) is 18.8. The molecule has 0 fully saturated rings. The molecular formula is C16H17N3O4S2. The molecule has 2 aromatic rings. The van der Waals surface area contributed by atoms with Crippen molar-refractivity contribution in [1.82, 2.24) is 16.2 Å². The van der Waals surface area contributed by atoms with Gasteiger partial charge in [-0.3, -0.25) is 25.8 Å². The van der Waals surface area contributed by atoms with E-state index in [0.29, 0.717) is 29.4 Å². The summed E-state index contributed by atoms with van der Waals surface area (Å²) in [6.45, 7) is 0.916. The van der Waals surface area contributed by atoms with Crippen LogP contribution < -0.4 is 20.9 Å². The number of ether oxygens (including phenoxy) is 2.